The largest absolute Gasteiger partial charge is 0.496 e. The molecule has 23 heavy (non-hydrogen) atoms. The normalized spacial score (nSPS) is 10.0. The van der Waals surface area contributed by atoms with Crippen LogP contribution in [0.5, 0.6) is 11.5 Å². The van der Waals surface area contributed by atoms with Gasteiger partial charge in [0.25, 0.3) is 0 Å². The standard InChI is InChI=1S/C17H15BrO5/c1-3-22-16(19)11-5-4-6-13(9-11)23-17(20)12-7-8-15(21-2)14(18)10-12/h4-10H,3H2,1-2H3. The van der Waals surface area contributed by atoms with Crippen LogP contribution in [-0.2, 0) is 4.74 Å². The van der Waals surface area contributed by atoms with Crippen LogP contribution >= 0.6 is 15.9 Å². The van der Waals surface area contributed by atoms with Crippen molar-refractivity contribution in [2.45, 2.75) is 6.92 Å². The summed E-state index contributed by atoms with van der Waals surface area (Å²) in [5.74, 6) is -0.106. The maximum Gasteiger partial charge on any atom is 0.343 e. The highest BCUT2D eigenvalue weighted by Gasteiger charge is 2.13. The molecule has 0 radical (unpaired) electrons. The van der Waals surface area contributed by atoms with E-state index >= 15 is 0 Å². The third-order valence-corrected chi connectivity index (χ3v) is 3.56. The van der Waals surface area contributed by atoms with Crippen LogP contribution in [0.4, 0.5) is 0 Å². The molecule has 2 aromatic carbocycles. The van der Waals surface area contributed by atoms with Crippen molar-refractivity contribution in [3.8, 4) is 11.5 Å². The lowest BCUT2D eigenvalue weighted by molar-refractivity contribution is 0.0524. The van der Waals surface area contributed by atoms with Crippen molar-refractivity contribution in [2.75, 3.05) is 13.7 Å². The molecule has 0 atom stereocenters. The van der Waals surface area contributed by atoms with Crippen LogP contribution in [0.1, 0.15) is 27.6 Å². The van der Waals surface area contributed by atoms with Gasteiger partial charge in [-0.15, -0.1) is 0 Å². The maximum atomic E-state index is 12.2. The third kappa shape index (κ3) is 4.32. The van der Waals surface area contributed by atoms with Crippen LogP contribution in [0, 0.1) is 0 Å². The van der Waals surface area contributed by atoms with Crippen molar-refractivity contribution in [1.29, 1.82) is 0 Å². The Morgan fingerprint density at radius 2 is 1.78 bits per heavy atom. The molecular formula is C17H15BrO5. The molecule has 0 aromatic heterocycles. The number of ether oxygens (including phenoxy) is 3. The SMILES string of the molecule is CCOC(=O)c1cccc(OC(=O)c2ccc(OC)c(Br)c2)c1. The fourth-order valence-corrected chi connectivity index (χ4v) is 2.40. The van der Waals surface area contributed by atoms with Crippen LogP contribution < -0.4 is 9.47 Å². The van der Waals surface area contributed by atoms with Gasteiger partial charge < -0.3 is 14.2 Å². The second kappa shape index (κ2) is 7.78. The first-order valence-corrected chi connectivity index (χ1v) is 7.67. The molecule has 0 bridgehead atoms. The summed E-state index contributed by atoms with van der Waals surface area (Å²) in [6.45, 7) is 2.01. The summed E-state index contributed by atoms with van der Waals surface area (Å²) in [5, 5.41) is 0. The Morgan fingerprint density at radius 1 is 1.04 bits per heavy atom. The number of esters is 2. The number of rotatable bonds is 5. The van der Waals surface area contributed by atoms with Crippen molar-refractivity contribution in [1.82, 2.24) is 0 Å². The quantitative estimate of drug-likeness (QED) is 0.583. The molecule has 0 unspecified atom stereocenters. The predicted molar refractivity (Wildman–Crippen MR) is 88.1 cm³/mol. The van der Waals surface area contributed by atoms with Crippen LogP contribution in [-0.4, -0.2) is 25.7 Å². The highest BCUT2D eigenvalue weighted by atomic mass is 79.9. The highest BCUT2D eigenvalue weighted by Crippen LogP contribution is 2.26. The molecule has 2 rings (SSSR count). The molecule has 6 heteroatoms. The Kier molecular flexibility index (Phi) is 5.76. The van der Waals surface area contributed by atoms with E-state index < -0.39 is 11.9 Å². The molecule has 0 fully saturated rings. The summed E-state index contributed by atoms with van der Waals surface area (Å²) in [6.07, 6.45) is 0. The number of carbonyl (C=O) groups excluding carboxylic acids is 2. The molecule has 0 aliphatic rings. The van der Waals surface area contributed by atoms with Crippen LogP contribution in [0.2, 0.25) is 0 Å². The average Bonchev–Trinajstić information content (AvgIpc) is 2.55. The van der Waals surface area contributed by atoms with E-state index in [0.717, 1.165) is 0 Å². The van der Waals surface area contributed by atoms with E-state index in [0.29, 0.717) is 21.3 Å². The maximum absolute atomic E-state index is 12.2. The van der Waals surface area contributed by atoms with Crippen LogP contribution in [0.3, 0.4) is 0 Å². The molecule has 0 spiro atoms. The van der Waals surface area contributed by atoms with Crippen molar-refractivity contribution in [3.63, 3.8) is 0 Å². The zero-order valence-electron chi connectivity index (χ0n) is 12.7. The molecule has 0 amide bonds. The molecule has 5 nitrogen and oxygen atoms in total. The average molecular weight is 379 g/mol. The summed E-state index contributed by atoms with van der Waals surface area (Å²) in [5.41, 5.74) is 0.687. The summed E-state index contributed by atoms with van der Waals surface area (Å²) in [4.78, 5) is 23.9. The Morgan fingerprint density at radius 3 is 2.43 bits per heavy atom. The van der Waals surface area contributed by atoms with Gasteiger partial charge in [0.2, 0.25) is 0 Å². The molecular weight excluding hydrogens is 364 g/mol. The Bertz CT molecular complexity index is 727. The van der Waals surface area contributed by atoms with E-state index in [1.807, 2.05) is 0 Å². The van der Waals surface area contributed by atoms with Gasteiger partial charge in [0.1, 0.15) is 11.5 Å². The molecule has 0 saturated heterocycles. The fourth-order valence-electron chi connectivity index (χ4n) is 1.86. The van der Waals surface area contributed by atoms with E-state index in [4.69, 9.17) is 14.2 Å². The zero-order valence-corrected chi connectivity index (χ0v) is 14.3. The van der Waals surface area contributed by atoms with Crippen molar-refractivity contribution in [3.05, 3.63) is 58.1 Å². The smallest absolute Gasteiger partial charge is 0.343 e. The molecule has 0 aliphatic carbocycles. The van der Waals surface area contributed by atoms with Gasteiger partial charge in [-0.25, -0.2) is 9.59 Å². The van der Waals surface area contributed by atoms with Crippen molar-refractivity contribution >= 4 is 27.9 Å². The number of hydrogen-bond donors (Lipinski definition) is 0. The van der Waals surface area contributed by atoms with E-state index in [1.165, 1.54) is 6.07 Å². The van der Waals surface area contributed by atoms with E-state index in [1.54, 1.807) is 50.4 Å². The van der Waals surface area contributed by atoms with Crippen molar-refractivity contribution in [2.24, 2.45) is 0 Å². The Labute approximate surface area is 142 Å². The second-order valence-electron chi connectivity index (χ2n) is 4.49. The lowest BCUT2D eigenvalue weighted by Crippen LogP contribution is -2.10. The van der Waals surface area contributed by atoms with Gasteiger partial charge in [0.15, 0.2) is 0 Å². The number of carbonyl (C=O) groups is 2. The van der Waals surface area contributed by atoms with Crippen LogP contribution in [0.25, 0.3) is 0 Å². The van der Waals surface area contributed by atoms with Gasteiger partial charge in [0, 0.05) is 0 Å². The van der Waals surface area contributed by atoms with Gasteiger partial charge in [-0.1, -0.05) is 6.07 Å². The topological polar surface area (TPSA) is 61.8 Å². The molecule has 120 valence electrons. The second-order valence-corrected chi connectivity index (χ2v) is 5.34. The molecule has 0 heterocycles. The zero-order chi connectivity index (χ0) is 16.8. The summed E-state index contributed by atoms with van der Waals surface area (Å²) in [6, 6.07) is 11.2. The van der Waals surface area contributed by atoms with E-state index in [2.05, 4.69) is 15.9 Å². The number of benzene rings is 2. The molecule has 0 saturated carbocycles. The van der Waals surface area contributed by atoms with Gasteiger partial charge in [-0.05, 0) is 59.3 Å². The molecule has 0 aliphatic heterocycles. The molecule has 2 aromatic rings. The third-order valence-electron chi connectivity index (χ3n) is 2.94. The fraction of sp³-hybridized carbons (Fsp3) is 0.176. The van der Waals surface area contributed by atoms with Gasteiger partial charge in [-0.2, -0.15) is 0 Å². The van der Waals surface area contributed by atoms with Crippen LogP contribution in [0.15, 0.2) is 46.9 Å². The van der Waals surface area contributed by atoms with E-state index in [-0.39, 0.29) is 12.4 Å². The Hall–Kier alpha value is -2.34. The lowest BCUT2D eigenvalue weighted by atomic mass is 10.2. The Balaban J connectivity index is 2.15. The summed E-state index contributed by atoms with van der Waals surface area (Å²) >= 11 is 3.31. The molecule has 0 N–H and O–H groups in total. The van der Waals surface area contributed by atoms with E-state index in [9.17, 15) is 9.59 Å². The minimum atomic E-state index is -0.533. The summed E-state index contributed by atoms with van der Waals surface area (Å²) < 4.78 is 16.0. The first-order valence-electron chi connectivity index (χ1n) is 6.88. The number of methoxy groups -OCH3 is 1. The minimum absolute atomic E-state index is 0.271. The lowest BCUT2D eigenvalue weighted by Gasteiger charge is -2.08. The van der Waals surface area contributed by atoms with Crippen molar-refractivity contribution < 1.29 is 23.8 Å². The van der Waals surface area contributed by atoms with Gasteiger partial charge in [0.05, 0.1) is 29.3 Å². The highest BCUT2D eigenvalue weighted by molar-refractivity contribution is 9.10. The minimum Gasteiger partial charge on any atom is -0.496 e. The first-order chi connectivity index (χ1) is 11.0. The number of halogens is 1. The predicted octanol–water partition coefficient (Wildman–Crippen LogP) is 3.85. The summed E-state index contributed by atoms with van der Waals surface area (Å²) in [7, 11) is 1.54. The first kappa shape index (κ1) is 17.0. The van der Waals surface area contributed by atoms with Gasteiger partial charge in [-0.3, -0.25) is 0 Å². The van der Waals surface area contributed by atoms with Gasteiger partial charge >= 0.3 is 11.9 Å². The number of hydrogen-bond acceptors (Lipinski definition) is 5. The monoisotopic (exact) mass is 378 g/mol.